The fourth-order valence-corrected chi connectivity index (χ4v) is 3.22. The van der Waals surface area contributed by atoms with E-state index in [1.54, 1.807) is 12.1 Å². The first-order valence-corrected chi connectivity index (χ1v) is 7.38. The van der Waals surface area contributed by atoms with Gasteiger partial charge in [0.05, 0.1) is 14.8 Å². The average Bonchev–Trinajstić information content (AvgIpc) is 2.41. The lowest BCUT2D eigenvalue weighted by Crippen LogP contribution is -2.56. The minimum atomic E-state index is -0.497. The lowest BCUT2D eigenvalue weighted by molar-refractivity contribution is -0.386. The summed E-state index contributed by atoms with van der Waals surface area (Å²) in [4.78, 5) is 22.5. The molecule has 0 bridgehead atoms. The van der Waals surface area contributed by atoms with Crippen LogP contribution in [0.3, 0.4) is 0 Å². The first-order chi connectivity index (χ1) is 9.46. The summed E-state index contributed by atoms with van der Waals surface area (Å²) in [5.41, 5.74) is -0.580. The number of nitro benzene ring substituents is 1. The van der Waals surface area contributed by atoms with Crippen LogP contribution in [0.2, 0.25) is 0 Å². The van der Waals surface area contributed by atoms with Crippen LogP contribution in [-0.4, -0.2) is 16.8 Å². The molecule has 2 rings (SSSR count). The summed E-state index contributed by atoms with van der Waals surface area (Å²) in [6.07, 6.45) is 1.40. The van der Waals surface area contributed by atoms with Crippen molar-refractivity contribution in [2.45, 2.75) is 39.2 Å². The number of ketones is 1. The Morgan fingerprint density at radius 2 is 2.10 bits per heavy atom. The van der Waals surface area contributed by atoms with Crippen LogP contribution in [0.15, 0.2) is 22.7 Å². The quantitative estimate of drug-likeness (QED) is 0.601. The lowest BCUT2D eigenvalue weighted by Gasteiger charge is -2.46. The Labute approximate surface area is 125 Å². The topological polar surface area (TPSA) is 69.4 Å². The molecule has 1 unspecified atom stereocenters. The average molecular weight is 342 g/mol. The second-order valence-electron chi connectivity index (χ2n) is 4.94. The number of nitrogens with zero attached hydrogens (tertiary/aromatic N) is 1. The maximum absolute atomic E-state index is 11.9. The van der Waals surface area contributed by atoms with Gasteiger partial charge in [-0.15, -0.1) is 0 Å². The molecule has 0 radical (unpaired) electrons. The van der Waals surface area contributed by atoms with Gasteiger partial charge >= 0.3 is 5.69 Å². The minimum absolute atomic E-state index is 0.0835. The van der Waals surface area contributed by atoms with Crippen LogP contribution in [0.4, 0.5) is 5.69 Å². The van der Waals surface area contributed by atoms with Crippen LogP contribution in [-0.2, 0) is 4.79 Å². The number of carbonyl (C=O) groups excluding carboxylic acids is 1. The summed E-state index contributed by atoms with van der Waals surface area (Å²) in [5.74, 6) is 0.392. The Hall–Kier alpha value is -1.43. The molecule has 0 spiro atoms. The summed E-state index contributed by atoms with van der Waals surface area (Å²) in [7, 11) is 0. The van der Waals surface area contributed by atoms with Gasteiger partial charge in [0.25, 0.3) is 0 Å². The van der Waals surface area contributed by atoms with Gasteiger partial charge in [0.2, 0.25) is 5.75 Å². The number of benzene rings is 1. The number of carbonyl (C=O) groups is 1. The zero-order valence-corrected chi connectivity index (χ0v) is 13.0. The standard InChI is InChI=1S/C14H16BrNO4/c1-3-14(4-2)11(17)8-12(14)20-13-9(15)6-5-7-10(13)16(18)19/h5-7,12H,3-4,8H2,1-2H3. The SMILES string of the molecule is CCC1(CC)C(=O)CC1Oc1c(Br)cccc1[N+](=O)[O-]. The smallest absolute Gasteiger partial charge is 0.312 e. The fraction of sp³-hybridized carbons (Fsp3) is 0.500. The highest BCUT2D eigenvalue weighted by Crippen LogP contribution is 2.48. The van der Waals surface area contributed by atoms with E-state index in [-0.39, 0.29) is 23.3 Å². The molecule has 1 saturated carbocycles. The largest absolute Gasteiger partial charge is 0.481 e. The second kappa shape index (κ2) is 5.52. The first kappa shape index (κ1) is 15.0. The first-order valence-electron chi connectivity index (χ1n) is 6.59. The van der Waals surface area contributed by atoms with Gasteiger partial charge in [-0.25, -0.2) is 0 Å². The third-order valence-electron chi connectivity index (χ3n) is 4.21. The van der Waals surface area contributed by atoms with E-state index in [0.29, 0.717) is 23.7 Å². The Morgan fingerprint density at radius 1 is 1.45 bits per heavy atom. The molecular formula is C14H16BrNO4. The van der Waals surface area contributed by atoms with Crippen LogP contribution >= 0.6 is 15.9 Å². The maximum atomic E-state index is 11.9. The normalized spacial score (nSPS) is 20.4. The van der Waals surface area contributed by atoms with Crippen molar-refractivity contribution in [1.29, 1.82) is 0 Å². The molecule has 1 aliphatic rings. The highest BCUT2D eigenvalue weighted by molar-refractivity contribution is 9.10. The summed E-state index contributed by atoms with van der Waals surface area (Å²) in [6.45, 7) is 3.90. The Balaban J connectivity index is 2.32. The fourth-order valence-electron chi connectivity index (χ4n) is 2.77. The molecule has 20 heavy (non-hydrogen) atoms. The van der Waals surface area contributed by atoms with Gasteiger partial charge in [0, 0.05) is 12.5 Å². The van der Waals surface area contributed by atoms with Gasteiger partial charge in [-0.2, -0.15) is 0 Å². The molecule has 0 amide bonds. The molecule has 5 nitrogen and oxygen atoms in total. The highest BCUT2D eigenvalue weighted by Gasteiger charge is 2.54. The molecule has 1 aromatic rings. The predicted octanol–water partition coefficient (Wildman–Crippen LogP) is 3.88. The van der Waals surface area contributed by atoms with E-state index < -0.39 is 10.3 Å². The third kappa shape index (κ3) is 2.22. The molecule has 1 aromatic carbocycles. The van der Waals surface area contributed by atoms with Crippen molar-refractivity contribution >= 4 is 27.4 Å². The Morgan fingerprint density at radius 3 is 2.60 bits per heavy atom. The minimum Gasteiger partial charge on any atom is -0.481 e. The number of para-hydroxylation sites is 1. The van der Waals surface area contributed by atoms with E-state index in [4.69, 9.17) is 4.74 Å². The van der Waals surface area contributed by atoms with Crippen molar-refractivity contribution in [2.75, 3.05) is 0 Å². The lowest BCUT2D eigenvalue weighted by atomic mass is 9.61. The van der Waals surface area contributed by atoms with Crippen molar-refractivity contribution in [3.8, 4) is 5.75 Å². The number of Topliss-reactive ketones (excluding diaryl/α,β-unsaturated/α-hetero) is 1. The van der Waals surface area contributed by atoms with Crippen molar-refractivity contribution in [3.05, 3.63) is 32.8 Å². The zero-order valence-electron chi connectivity index (χ0n) is 11.4. The molecule has 1 atom stereocenters. The van der Waals surface area contributed by atoms with E-state index in [1.807, 2.05) is 13.8 Å². The zero-order chi connectivity index (χ0) is 14.9. The van der Waals surface area contributed by atoms with Gasteiger partial charge in [0.15, 0.2) is 0 Å². The van der Waals surface area contributed by atoms with Crippen LogP contribution < -0.4 is 4.74 Å². The molecule has 108 valence electrons. The molecule has 0 heterocycles. The van der Waals surface area contributed by atoms with Gasteiger partial charge in [-0.3, -0.25) is 14.9 Å². The molecule has 0 aliphatic heterocycles. The van der Waals surface area contributed by atoms with E-state index >= 15 is 0 Å². The molecule has 1 aliphatic carbocycles. The molecule has 0 saturated heterocycles. The van der Waals surface area contributed by atoms with E-state index in [2.05, 4.69) is 15.9 Å². The molecule has 0 aromatic heterocycles. The summed E-state index contributed by atoms with van der Waals surface area (Å²) in [6, 6.07) is 4.69. The number of ether oxygens (including phenoxy) is 1. The van der Waals surface area contributed by atoms with Crippen LogP contribution in [0.25, 0.3) is 0 Å². The van der Waals surface area contributed by atoms with Crippen molar-refractivity contribution in [1.82, 2.24) is 0 Å². The predicted molar refractivity (Wildman–Crippen MR) is 77.9 cm³/mol. The van der Waals surface area contributed by atoms with Gasteiger partial charge in [0.1, 0.15) is 11.9 Å². The van der Waals surface area contributed by atoms with Crippen LogP contribution in [0.5, 0.6) is 5.75 Å². The van der Waals surface area contributed by atoms with Crippen LogP contribution in [0.1, 0.15) is 33.1 Å². The number of hydrogen-bond acceptors (Lipinski definition) is 4. The molecule has 0 N–H and O–H groups in total. The van der Waals surface area contributed by atoms with Crippen molar-refractivity contribution in [3.63, 3.8) is 0 Å². The maximum Gasteiger partial charge on any atom is 0.312 e. The number of nitro groups is 1. The van der Waals surface area contributed by atoms with Crippen molar-refractivity contribution < 1.29 is 14.5 Å². The molecular weight excluding hydrogens is 326 g/mol. The van der Waals surface area contributed by atoms with Gasteiger partial charge < -0.3 is 4.74 Å². The van der Waals surface area contributed by atoms with E-state index in [1.165, 1.54) is 6.07 Å². The molecule has 6 heteroatoms. The summed E-state index contributed by atoms with van der Waals surface area (Å²) in [5, 5.41) is 11.1. The molecule has 1 fully saturated rings. The Bertz CT molecular complexity index is 554. The number of halogens is 1. The highest BCUT2D eigenvalue weighted by atomic mass is 79.9. The van der Waals surface area contributed by atoms with Gasteiger partial charge in [-0.05, 0) is 34.8 Å². The monoisotopic (exact) mass is 341 g/mol. The number of rotatable bonds is 5. The second-order valence-corrected chi connectivity index (χ2v) is 5.80. The number of hydrogen-bond donors (Lipinski definition) is 0. The van der Waals surface area contributed by atoms with E-state index in [9.17, 15) is 14.9 Å². The summed E-state index contributed by atoms with van der Waals surface area (Å²) >= 11 is 3.28. The summed E-state index contributed by atoms with van der Waals surface area (Å²) < 4.78 is 6.37. The van der Waals surface area contributed by atoms with Gasteiger partial charge in [-0.1, -0.05) is 19.9 Å². The third-order valence-corrected chi connectivity index (χ3v) is 4.83. The van der Waals surface area contributed by atoms with E-state index in [0.717, 1.165) is 0 Å². The Kier molecular flexibility index (Phi) is 4.13. The van der Waals surface area contributed by atoms with Crippen LogP contribution in [0, 0.1) is 15.5 Å². The van der Waals surface area contributed by atoms with Crippen molar-refractivity contribution in [2.24, 2.45) is 5.41 Å².